The van der Waals surface area contributed by atoms with Crippen molar-refractivity contribution >= 4 is 11.3 Å². The number of aromatic nitrogens is 1. The Morgan fingerprint density at radius 3 is 2.00 bits per heavy atom. The number of nitrogens with zero attached hydrogens (tertiary/aromatic N) is 1. The van der Waals surface area contributed by atoms with E-state index < -0.39 is 0 Å². The van der Waals surface area contributed by atoms with Gasteiger partial charge in [-0.05, 0) is 45.9 Å². The van der Waals surface area contributed by atoms with E-state index in [9.17, 15) is 0 Å². The highest BCUT2D eigenvalue weighted by molar-refractivity contribution is 7.07. The van der Waals surface area contributed by atoms with Gasteiger partial charge in [0.15, 0.2) is 0 Å². The topological polar surface area (TPSA) is 12.9 Å². The van der Waals surface area contributed by atoms with Gasteiger partial charge >= 0.3 is 0 Å². The van der Waals surface area contributed by atoms with Crippen LogP contribution in [0.3, 0.4) is 0 Å². The van der Waals surface area contributed by atoms with Crippen LogP contribution in [-0.4, -0.2) is 4.98 Å². The van der Waals surface area contributed by atoms with Crippen LogP contribution in [0.15, 0.2) is 41.4 Å². The van der Waals surface area contributed by atoms with E-state index in [0.29, 0.717) is 11.8 Å². The third-order valence-corrected chi connectivity index (χ3v) is 3.26. The Morgan fingerprint density at radius 2 is 1.71 bits per heavy atom. The van der Waals surface area contributed by atoms with Gasteiger partial charge in [0.05, 0.1) is 0 Å². The Balaban J connectivity index is 0.000000171. The molecule has 0 saturated carbocycles. The summed E-state index contributed by atoms with van der Waals surface area (Å²) in [6, 6.07) is 6.24. The average Bonchev–Trinajstić information content (AvgIpc) is 2.84. The van der Waals surface area contributed by atoms with E-state index in [0.717, 1.165) is 0 Å². The molecule has 0 fully saturated rings. The molecular formula is C15H21NS. The quantitative estimate of drug-likeness (QED) is 0.721. The van der Waals surface area contributed by atoms with Crippen LogP contribution in [-0.2, 0) is 0 Å². The van der Waals surface area contributed by atoms with Gasteiger partial charge < -0.3 is 0 Å². The Morgan fingerprint density at radius 1 is 1.00 bits per heavy atom. The molecule has 0 aromatic carbocycles. The van der Waals surface area contributed by atoms with Crippen molar-refractivity contribution in [3.8, 4) is 0 Å². The predicted octanol–water partition coefficient (Wildman–Crippen LogP) is 5.08. The van der Waals surface area contributed by atoms with E-state index in [2.05, 4.69) is 55.6 Å². The van der Waals surface area contributed by atoms with Crippen LogP contribution >= 0.6 is 11.3 Å². The first-order valence-electron chi connectivity index (χ1n) is 6.03. The van der Waals surface area contributed by atoms with Crippen molar-refractivity contribution in [1.29, 1.82) is 0 Å². The summed E-state index contributed by atoms with van der Waals surface area (Å²) in [6.07, 6.45) is 3.70. The lowest BCUT2D eigenvalue weighted by molar-refractivity contribution is 0.858. The molecule has 2 rings (SSSR count). The molecule has 2 aromatic rings. The fraction of sp³-hybridized carbons (Fsp3) is 0.400. The smallest absolute Gasteiger partial charge is 0.0302 e. The fourth-order valence-electron chi connectivity index (χ4n) is 1.32. The minimum absolute atomic E-state index is 0.596. The van der Waals surface area contributed by atoms with Crippen molar-refractivity contribution in [1.82, 2.24) is 4.98 Å². The molecule has 0 aliphatic rings. The maximum absolute atomic E-state index is 4.01. The highest BCUT2D eigenvalue weighted by atomic mass is 32.1. The summed E-state index contributed by atoms with van der Waals surface area (Å²) in [5.74, 6) is 1.29. The second-order valence-electron chi connectivity index (χ2n) is 4.65. The van der Waals surface area contributed by atoms with Gasteiger partial charge in [-0.25, -0.2) is 0 Å². The van der Waals surface area contributed by atoms with Gasteiger partial charge in [0, 0.05) is 12.4 Å². The van der Waals surface area contributed by atoms with Gasteiger partial charge in [-0.3, -0.25) is 4.98 Å². The number of hydrogen-bond acceptors (Lipinski definition) is 2. The first kappa shape index (κ1) is 13.9. The molecule has 2 heteroatoms. The molecule has 0 saturated heterocycles. The highest BCUT2D eigenvalue weighted by Gasteiger charge is 1.95. The van der Waals surface area contributed by atoms with Crippen LogP contribution in [0.25, 0.3) is 0 Å². The summed E-state index contributed by atoms with van der Waals surface area (Å²) in [5.41, 5.74) is 2.76. The zero-order valence-electron chi connectivity index (χ0n) is 11.1. The van der Waals surface area contributed by atoms with E-state index in [1.807, 2.05) is 12.3 Å². The van der Waals surface area contributed by atoms with Gasteiger partial charge in [0.2, 0.25) is 0 Å². The summed E-state index contributed by atoms with van der Waals surface area (Å²) >= 11 is 1.77. The molecule has 0 unspecified atom stereocenters. The van der Waals surface area contributed by atoms with Crippen LogP contribution in [0.4, 0.5) is 0 Å². The molecule has 0 spiro atoms. The lowest BCUT2D eigenvalue weighted by atomic mass is 10.1. The average molecular weight is 247 g/mol. The minimum atomic E-state index is 0.596. The third kappa shape index (κ3) is 5.14. The minimum Gasteiger partial charge on any atom is -0.264 e. The van der Waals surface area contributed by atoms with Crippen LogP contribution in [0.1, 0.15) is 50.7 Å². The van der Waals surface area contributed by atoms with Crippen molar-refractivity contribution in [2.75, 3.05) is 0 Å². The molecule has 0 aliphatic carbocycles. The summed E-state index contributed by atoms with van der Waals surface area (Å²) in [5, 5.41) is 4.32. The van der Waals surface area contributed by atoms with Gasteiger partial charge in [-0.1, -0.05) is 33.8 Å². The van der Waals surface area contributed by atoms with Crippen molar-refractivity contribution < 1.29 is 0 Å². The zero-order chi connectivity index (χ0) is 12.7. The highest BCUT2D eigenvalue weighted by Crippen LogP contribution is 2.16. The van der Waals surface area contributed by atoms with Crippen molar-refractivity contribution in [3.63, 3.8) is 0 Å². The van der Waals surface area contributed by atoms with Gasteiger partial charge in [-0.2, -0.15) is 11.3 Å². The number of thiophene rings is 1. The van der Waals surface area contributed by atoms with Crippen molar-refractivity contribution in [2.45, 2.75) is 39.5 Å². The monoisotopic (exact) mass is 247 g/mol. The largest absolute Gasteiger partial charge is 0.264 e. The maximum atomic E-state index is 4.01. The van der Waals surface area contributed by atoms with Crippen LogP contribution in [0.2, 0.25) is 0 Å². The zero-order valence-corrected chi connectivity index (χ0v) is 11.9. The van der Waals surface area contributed by atoms with Gasteiger partial charge in [-0.15, -0.1) is 0 Å². The fourth-order valence-corrected chi connectivity index (χ4v) is 2.14. The van der Waals surface area contributed by atoms with E-state index in [4.69, 9.17) is 0 Å². The number of rotatable bonds is 2. The second kappa shape index (κ2) is 7.23. The van der Waals surface area contributed by atoms with Crippen LogP contribution in [0.5, 0.6) is 0 Å². The molecule has 0 atom stereocenters. The molecule has 0 bridgehead atoms. The molecule has 17 heavy (non-hydrogen) atoms. The normalized spacial score (nSPS) is 10.2. The molecule has 0 amide bonds. The second-order valence-corrected chi connectivity index (χ2v) is 5.43. The summed E-state index contributed by atoms with van der Waals surface area (Å²) in [7, 11) is 0. The van der Waals surface area contributed by atoms with Crippen LogP contribution in [0, 0.1) is 0 Å². The summed E-state index contributed by atoms with van der Waals surface area (Å²) in [6.45, 7) is 8.75. The Labute approximate surface area is 109 Å². The third-order valence-electron chi connectivity index (χ3n) is 2.56. The summed E-state index contributed by atoms with van der Waals surface area (Å²) in [4.78, 5) is 4.01. The Hall–Kier alpha value is -1.15. The molecule has 0 aliphatic heterocycles. The molecule has 2 heterocycles. The number of pyridine rings is 1. The van der Waals surface area contributed by atoms with E-state index in [1.54, 1.807) is 17.5 Å². The molecule has 0 radical (unpaired) electrons. The van der Waals surface area contributed by atoms with Gasteiger partial charge in [0.1, 0.15) is 0 Å². The Kier molecular flexibility index (Phi) is 5.92. The van der Waals surface area contributed by atoms with E-state index in [1.165, 1.54) is 11.1 Å². The SMILES string of the molecule is CC(C)c1cccnc1.CC(C)c1ccsc1. The van der Waals surface area contributed by atoms with Gasteiger partial charge in [0.25, 0.3) is 0 Å². The van der Waals surface area contributed by atoms with Crippen LogP contribution < -0.4 is 0 Å². The molecular weight excluding hydrogens is 226 g/mol. The molecule has 2 aromatic heterocycles. The lowest BCUT2D eigenvalue weighted by Gasteiger charge is -2.00. The van der Waals surface area contributed by atoms with E-state index in [-0.39, 0.29) is 0 Å². The van der Waals surface area contributed by atoms with Crippen molar-refractivity contribution in [3.05, 3.63) is 52.5 Å². The molecule has 0 N–H and O–H groups in total. The summed E-state index contributed by atoms with van der Waals surface area (Å²) < 4.78 is 0. The lowest BCUT2D eigenvalue weighted by Crippen LogP contribution is -1.85. The standard InChI is InChI=1S/C8H11N.C7H10S/c1-7(2)8-4-3-5-9-6-8;1-6(2)7-3-4-8-5-7/h3-7H,1-2H3;3-6H,1-2H3. The first-order valence-corrected chi connectivity index (χ1v) is 6.97. The first-order chi connectivity index (χ1) is 8.11. The Bertz CT molecular complexity index is 390. The maximum Gasteiger partial charge on any atom is 0.0302 e. The predicted molar refractivity (Wildman–Crippen MR) is 76.7 cm³/mol. The number of hydrogen-bond donors (Lipinski definition) is 0. The van der Waals surface area contributed by atoms with Crippen molar-refractivity contribution in [2.24, 2.45) is 0 Å². The molecule has 92 valence electrons. The van der Waals surface area contributed by atoms with E-state index >= 15 is 0 Å². The molecule has 1 nitrogen and oxygen atoms in total.